The van der Waals surface area contributed by atoms with Gasteiger partial charge in [-0.25, -0.2) is 0 Å². The highest BCUT2D eigenvalue weighted by atomic mass is 16.2. The van der Waals surface area contributed by atoms with E-state index in [1.54, 1.807) is 0 Å². The van der Waals surface area contributed by atoms with Crippen LogP contribution in [0.15, 0.2) is 11.6 Å². The van der Waals surface area contributed by atoms with Crippen molar-refractivity contribution in [3.8, 4) is 0 Å². The molecule has 3 aliphatic heterocycles. The minimum atomic E-state index is -0.474. The Morgan fingerprint density at radius 1 is 1.32 bits per heavy atom. The standard InChI is InChI=1S/C17H27N3O2/c1-16(2,13-5-8-18-11-13)14(21)20-10-7-17(12-20)6-4-9-19(3)15(17)22/h5,18H,4,6-12H2,1-3H3. The van der Waals surface area contributed by atoms with E-state index in [4.69, 9.17) is 0 Å². The van der Waals surface area contributed by atoms with E-state index < -0.39 is 5.41 Å². The van der Waals surface area contributed by atoms with E-state index in [0.717, 1.165) is 38.9 Å². The van der Waals surface area contributed by atoms with Crippen LogP contribution in [0.5, 0.6) is 0 Å². The number of carbonyl (C=O) groups excluding carboxylic acids is 2. The van der Waals surface area contributed by atoms with Crippen molar-refractivity contribution in [1.29, 1.82) is 0 Å². The molecule has 1 N–H and O–H groups in total. The highest BCUT2D eigenvalue weighted by molar-refractivity contribution is 5.89. The van der Waals surface area contributed by atoms with Crippen molar-refractivity contribution >= 4 is 11.8 Å². The molecule has 122 valence electrons. The number of rotatable bonds is 2. The number of hydrogen-bond donors (Lipinski definition) is 1. The lowest BCUT2D eigenvalue weighted by Crippen LogP contribution is -2.49. The molecule has 5 nitrogen and oxygen atoms in total. The van der Waals surface area contributed by atoms with Crippen LogP contribution in [0, 0.1) is 10.8 Å². The Morgan fingerprint density at radius 2 is 2.09 bits per heavy atom. The van der Waals surface area contributed by atoms with E-state index in [0.29, 0.717) is 13.1 Å². The molecular formula is C17H27N3O2. The second-order valence-electron chi connectivity index (χ2n) is 7.57. The molecule has 1 unspecified atom stereocenters. The summed E-state index contributed by atoms with van der Waals surface area (Å²) in [7, 11) is 1.88. The topological polar surface area (TPSA) is 52.6 Å². The van der Waals surface area contributed by atoms with Crippen LogP contribution in [0.3, 0.4) is 0 Å². The Bertz CT molecular complexity index is 526. The quantitative estimate of drug-likeness (QED) is 0.775. The van der Waals surface area contributed by atoms with Crippen molar-refractivity contribution in [3.63, 3.8) is 0 Å². The second kappa shape index (κ2) is 5.37. The summed E-state index contributed by atoms with van der Waals surface area (Å²) < 4.78 is 0. The average Bonchev–Trinajstić information content (AvgIpc) is 3.15. The van der Waals surface area contributed by atoms with Crippen molar-refractivity contribution < 1.29 is 9.59 Å². The van der Waals surface area contributed by atoms with E-state index in [2.05, 4.69) is 11.4 Å². The average molecular weight is 305 g/mol. The fourth-order valence-electron chi connectivity index (χ4n) is 4.18. The van der Waals surface area contributed by atoms with Gasteiger partial charge in [-0.15, -0.1) is 0 Å². The molecule has 22 heavy (non-hydrogen) atoms. The SMILES string of the molecule is CN1CCCC2(CCN(C(=O)C(C)(C)C3=CCNC3)C2)C1=O. The molecule has 0 bridgehead atoms. The molecule has 3 aliphatic rings. The van der Waals surface area contributed by atoms with Gasteiger partial charge in [0.15, 0.2) is 0 Å². The molecule has 2 fully saturated rings. The van der Waals surface area contributed by atoms with Crippen molar-refractivity contribution in [2.75, 3.05) is 39.8 Å². The monoisotopic (exact) mass is 305 g/mol. The second-order valence-corrected chi connectivity index (χ2v) is 7.57. The van der Waals surface area contributed by atoms with E-state index >= 15 is 0 Å². The van der Waals surface area contributed by atoms with Crippen molar-refractivity contribution in [1.82, 2.24) is 15.1 Å². The fraction of sp³-hybridized carbons (Fsp3) is 0.765. The van der Waals surface area contributed by atoms with Gasteiger partial charge in [-0.3, -0.25) is 9.59 Å². The number of amides is 2. The third kappa shape index (κ3) is 2.35. The van der Waals surface area contributed by atoms with Crippen LogP contribution in [0.25, 0.3) is 0 Å². The summed E-state index contributed by atoms with van der Waals surface area (Å²) in [5, 5.41) is 3.27. The molecule has 1 atom stereocenters. The lowest BCUT2D eigenvalue weighted by molar-refractivity contribution is -0.145. The predicted molar refractivity (Wildman–Crippen MR) is 85.2 cm³/mol. The van der Waals surface area contributed by atoms with E-state index in [-0.39, 0.29) is 17.2 Å². The molecule has 1 spiro atoms. The third-order valence-electron chi connectivity index (χ3n) is 5.74. The molecule has 3 heterocycles. The Kier molecular flexibility index (Phi) is 3.79. The van der Waals surface area contributed by atoms with Crippen molar-refractivity contribution in [2.24, 2.45) is 10.8 Å². The van der Waals surface area contributed by atoms with Crippen molar-refractivity contribution in [3.05, 3.63) is 11.6 Å². The maximum atomic E-state index is 13.0. The van der Waals surface area contributed by atoms with Gasteiger partial charge in [0.2, 0.25) is 11.8 Å². The zero-order valence-electron chi connectivity index (χ0n) is 13.9. The van der Waals surface area contributed by atoms with Gasteiger partial charge in [0.25, 0.3) is 0 Å². The molecule has 0 radical (unpaired) electrons. The minimum Gasteiger partial charge on any atom is -0.345 e. The predicted octanol–water partition coefficient (Wildman–Crippen LogP) is 1.01. The Balaban J connectivity index is 1.75. The van der Waals surface area contributed by atoms with Gasteiger partial charge in [0.1, 0.15) is 0 Å². The summed E-state index contributed by atoms with van der Waals surface area (Å²) in [6.45, 7) is 7.81. The zero-order chi connectivity index (χ0) is 16.0. The van der Waals surface area contributed by atoms with E-state index in [9.17, 15) is 9.59 Å². The summed E-state index contributed by atoms with van der Waals surface area (Å²) in [5.74, 6) is 0.397. The highest BCUT2D eigenvalue weighted by Crippen LogP contribution is 2.41. The number of piperidine rings is 1. The highest BCUT2D eigenvalue weighted by Gasteiger charge is 2.50. The molecule has 0 aliphatic carbocycles. The molecule has 0 aromatic heterocycles. The summed E-state index contributed by atoms with van der Waals surface area (Å²) in [6, 6.07) is 0. The number of nitrogens with zero attached hydrogens (tertiary/aromatic N) is 2. The van der Waals surface area contributed by atoms with Gasteiger partial charge in [-0.2, -0.15) is 0 Å². The maximum Gasteiger partial charge on any atom is 0.232 e. The summed E-state index contributed by atoms with van der Waals surface area (Å²) in [4.78, 5) is 29.4. The van der Waals surface area contributed by atoms with Gasteiger partial charge < -0.3 is 15.1 Å². The lowest BCUT2D eigenvalue weighted by Gasteiger charge is -2.38. The lowest BCUT2D eigenvalue weighted by atomic mass is 9.78. The third-order valence-corrected chi connectivity index (χ3v) is 5.74. The Labute approximate surface area is 132 Å². The number of hydrogen-bond acceptors (Lipinski definition) is 3. The molecule has 0 saturated carbocycles. The Morgan fingerprint density at radius 3 is 2.77 bits per heavy atom. The minimum absolute atomic E-state index is 0.167. The molecule has 5 heteroatoms. The van der Waals surface area contributed by atoms with Crippen LogP contribution in [0.4, 0.5) is 0 Å². The van der Waals surface area contributed by atoms with Crippen LogP contribution in [0.2, 0.25) is 0 Å². The first-order valence-electron chi connectivity index (χ1n) is 8.32. The molecule has 0 aromatic rings. The van der Waals surface area contributed by atoms with Crippen LogP contribution in [0.1, 0.15) is 33.1 Å². The molecule has 0 aromatic carbocycles. The van der Waals surface area contributed by atoms with Gasteiger partial charge in [0, 0.05) is 39.8 Å². The van der Waals surface area contributed by atoms with Gasteiger partial charge in [-0.1, -0.05) is 6.08 Å². The van der Waals surface area contributed by atoms with Crippen LogP contribution < -0.4 is 5.32 Å². The first-order chi connectivity index (χ1) is 10.4. The summed E-state index contributed by atoms with van der Waals surface area (Å²) in [5.41, 5.74) is 0.380. The maximum absolute atomic E-state index is 13.0. The first-order valence-corrected chi connectivity index (χ1v) is 8.32. The van der Waals surface area contributed by atoms with Gasteiger partial charge >= 0.3 is 0 Å². The summed E-state index contributed by atoms with van der Waals surface area (Å²) >= 11 is 0. The number of likely N-dealkylation sites (tertiary alicyclic amines) is 2. The van der Waals surface area contributed by atoms with E-state index in [1.165, 1.54) is 5.57 Å². The molecule has 3 rings (SSSR count). The first kappa shape index (κ1) is 15.5. The molecular weight excluding hydrogens is 278 g/mol. The van der Waals surface area contributed by atoms with Crippen LogP contribution >= 0.6 is 0 Å². The van der Waals surface area contributed by atoms with Crippen LogP contribution in [-0.2, 0) is 9.59 Å². The number of carbonyl (C=O) groups is 2. The van der Waals surface area contributed by atoms with Gasteiger partial charge in [0.05, 0.1) is 10.8 Å². The molecule has 2 amide bonds. The van der Waals surface area contributed by atoms with Gasteiger partial charge in [-0.05, 0) is 38.7 Å². The summed E-state index contributed by atoms with van der Waals surface area (Å²) in [6.07, 6.45) is 4.91. The molecule has 2 saturated heterocycles. The Hall–Kier alpha value is -1.36. The largest absolute Gasteiger partial charge is 0.345 e. The normalized spacial score (nSPS) is 29.4. The fourth-order valence-corrected chi connectivity index (χ4v) is 4.18. The van der Waals surface area contributed by atoms with Crippen LogP contribution in [-0.4, -0.2) is 61.4 Å². The van der Waals surface area contributed by atoms with E-state index in [1.807, 2.05) is 30.7 Å². The van der Waals surface area contributed by atoms with Crippen molar-refractivity contribution in [2.45, 2.75) is 33.1 Å². The smallest absolute Gasteiger partial charge is 0.232 e. The number of nitrogens with one attached hydrogen (secondary N) is 1. The zero-order valence-corrected chi connectivity index (χ0v) is 13.9.